The second-order valence-corrected chi connectivity index (χ2v) is 8.82. The number of carbonyl (C=O) groups excluding carboxylic acids is 3. The first-order valence-electron chi connectivity index (χ1n) is 12.0. The number of hydrogen-bond acceptors (Lipinski definition) is 10. The fourth-order valence-electron chi connectivity index (χ4n) is 4.39. The van der Waals surface area contributed by atoms with Crippen LogP contribution in [0.4, 0.5) is 26.4 Å². The minimum Gasteiger partial charge on any atom is -0.442 e. The summed E-state index contributed by atoms with van der Waals surface area (Å²) in [6.07, 6.45) is 2.16. The number of hydrogen-bond donors (Lipinski definition) is 1. The topological polar surface area (TPSA) is 169 Å². The summed E-state index contributed by atoms with van der Waals surface area (Å²) in [6.45, 7) is 1.56. The van der Waals surface area contributed by atoms with Crippen LogP contribution in [0.2, 0.25) is 0 Å². The number of piperazine rings is 1. The summed E-state index contributed by atoms with van der Waals surface area (Å²) in [5, 5.41) is 20.6. The molecule has 0 radical (unpaired) electrons. The van der Waals surface area contributed by atoms with Crippen molar-refractivity contribution in [2.75, 3.05) is 49.1 Å². The first kappa shape index (κ1) is 25.6. The Bertz CT molecular complexity index is 1390. The number of amides is 3. The smallest absolute Gasteiger partial charge is 0.433 e. The Balaban J connectivity index is 1.12. The van der Waals surface area contributed by atoms with Crippen LogP contribution in [0.3, 0.4) is 0 Å². The molecule has 0 bridgehead atoms. The minimum absolute atomic E-state index is 0.242. The maximum absolute atomic E-state index is 15.1. The lowest BCUT2D eigenvalue weighted by Gasteiger charge is -2.36. The number of cyclic esters (lactones) is 1. The molecule has 0 saturated carbocycles. The van der Waals surface area contributed by atoms with Crippen molar-refractivity contribution in [1.29, 1.82) is 0 Å². The molecule has 5 rings (SSSR count). The van der Waals surface area contributed by atoms with E-state index in [0.29, 0.717) is 44.1 Å². The second kappa shape index (κ2) is 10.8. The SMILES string of the molecule is O=C(NCC(=O)N1CCN(c2ccc(N3CC(Cn4ccnn4)OC3=O)cc2F)CC1)c1ccc([N+](=O)[O-])o1. The van der Waals surface area contributed by atoms with Crippen molar-refractivity contribution in [2.24, 2.45) is 0 Å². The van der Waals surface area contributed by atoms with Crippen LogP contribution in [0.1, 0.15) is 10.6 Å². The highest BCUT2D eigenvalue weighted by atomic mass is 19.1. The normalized spacial score (nSPS) is 17.3. The third-order valence-corrected chi connectivity index (χ3v) is 6.35. The Labute approximate surface area is 219 Å². The molecule has 1 N–H and O–H groups in total. The first-order valence-corrected chi connectivity index (χ1v) is 12.0. The van der Waals surface area contributed by atoms with Crippen molar-refractivity contribution in [3.8, 4) is 0 Å². The molecular weight excluding hydrogens is 519 g/mol. The van der Waals surface area contributed by atoms with Crippen LogP contribution < -0.4 is 15.1 Å². The van der Waals surface area contributed by atoms with E-state index < -0.39 is 34.7 Å². The van der Waals surface area contributed by atoms with E-state index in [4.69, 9.17) is 9.15 Å². The lowest BCUT2D eigenvalue weighted by Crippen LogP contribution is -2.51. The van der Waals surface area contributed by atoms with Crippen LogP contribution in [-0.2, 0) is 16.1 Å². The Morgan fingerprint density at radius 1 is 1.18 bits per heavy atom. The van der Waals surface area contributed by atoms with Gasteiger partial charge in [-0.3, -0.25) is 24.6 Å². The van der Waals surface area contributed by atoms with Gasteiger partial charge in [0.05, 0.1) is 43.3 Å². The lowest BCUT2D eigenvalue weighted by molar-refractivity contribution is -0.402. The second-order valence-electron chi connectivity index (χ2n) is 8.82. The number of nitrogens with one attached hydrogen (secondary N) is 1. The van der Waals surface area contributed by atoms with E-state index in [0.717, 1.165) is 12.1 Å². The Kier molecular flexibility index (Phi) is 7.07. The Morgan fingerprint density at radius 2 is 1.97 bits per heavy atom. The zero-order valence-corrected chi connectivity index (χ0v) is 20.4. The number of carbonyl (C=O) groups is 3. The molecule has 204 valence electrons. The van der Waals surface area contributed by atoms with E-state index in [1.807, 2.05) is 0 Å². The molecule has 4 heterocycles. The number of nitrogens with zero attached hydrogens (tertiary/aromatic N) is 7. The third-order valence-electron chi connectivity index (χ3n) is 6.35. The number of benzene rings is 1. The molecule has 2 fully saturated rings. The summed E-state index contributed by atoms with van der Waals surface area (Å²) in [6, 6.07) is 6.71. The molecule has 1 unspecified atom stereocenters. The van der Waals surface area contributed by atoms with Gasteiger partial charge in [-0.05, 0) is 24.3 Å². The predicted octanol–water partition coefficient (Wildman–Crippen LogP) is 1.02. The quantitative estimate of drug-likeness (QED) is 0.320. The largest absolute Gasteiger partial charge is 0.442 e. The number of nitro groups is 1. The highest BCUT2D eigenvalue weighted by molar-refractivity contribution is 5.94. The van der Waals surface area contributed by atoms with E-state index in [9.17, 15) is 24.5 Å². The van der Waals surface area contributed by atoms with Crippen molar-refractivity contribution >= 4 is 35.2 Å². The third kappa shape index (κ3) is 5.63. The molecule has 2 aliphatic heterocycles. The van der Waals surface area contributed by atoms with E-state index in [1.165, 1.54) is 22.1 Å². The molecule has 3 aromatic rings. The van der Waals surface area contributed by atoms with Crippen LogP contribution in [0.5, 0.6) is 0 Å². The molecule has 1 atom stereocenters. The average molecular weight is 542 g/mol. The Morgan fingerprint density at radius 3 is 2.64 bits per heavy atom. The van der Waals surface area contributed by atoms with Gasteiger partial charge in [-0.2, -0.15) is 0 Å². The van der Waals surface area contributed by atoms with Gasteiger partial charge >= 0.3 is 12.0 Å². The van der Waals surface area contributed by atoms with Gasteiger partial charge in [-0.25, -0.2) is 13.9 Å². The van der Waals surface area contributed by atoms with Gasteiger partial charge in [-0.1, -0.05) is 5.21 Å². The highest BCUT2D eigenvalue weighted by Crippen LogP contribution is 2.29. The average Bonchev–Trinajstić information content (AvgIpc) is 3.69. The summed E-state index contributed by atoms with van der Waals surface area (Å²) < 4.78 is 26.8. The standard InChI is InChI=1S/C23H23FN8O7/c24-17-11-15(31-14-16(38-23(31)35)13-30-6-5-26-27-30)1-2-18(17)28-7-9-29(10-8-28)20(33)12-25-22(34)19-3-4-21(39-19)32(36)37/h1-6,11,16H,7-10,12-14H2,(H,25,34). The number of halogens is 1. The molecule has 0 spiro atoms. The minimum atomic E-state index is -0.768. The summed E-state index contributed by atoms with van der Waals surface area (Å²) >= 11 is 0. The number of aromatic nitrogens is 3. The van der Waals surface area contributed by atoms with Gasteiger partial charge in [0.15, 0.2) is 5.76 Å². The fourth-order valence-corrected chi connectivity index (χ4v) is 4.39. The molecule has 1 aromatic carbocycles. The van der Waals surface area contributed by atoms with Crippen LogP contribution >= 0.6 is 0 Å². The highest BCUT2D eigenvalue weighted by Gasteiger charge is 2.33. The monoisotopic (exact) mass is 542 g/mol. The van der Waals surface area contributed by atoms with Gasteiger partial charge in [-0.15, -0.1) is 5.10 Å². The lowest BCUT2D eigenvalue weighted by atomic mass is 10.2. The number of rotatable bonds is 8. The van der Waals surface area contributed by atoms with Gasteiger partial charge in [0.2, 0.25) is 5.91 Å². The maximum atomic E-state index is 15.1. The van der Waals surface area contributed by atoms with Crippen LogP contribution in [0, 0.1) is 15.9 Å². The van der Waals surface area contributed by atoms with Gasteiger partial charge in [0.25, 0.3) is 5.91 Å². The van der Waals surface area contributed by atoms with Crippen LogP contribution in [0.25, 0.3) is 0 Å². The molecule has 2 aliphatic rings. The summed E-state index contributed by atoms with van der Waals surface area (Å²) in [5.41, 5.74) is 0.707. The van der Waals surface area contributed by atoms with Gasteiger partial charge in [0, 0.05) is 32.4 Å². The molecule has 15 nitrogen and oxygen atoms in total. The molecule has 16 heteroatoms. The zero-order chi connectivity index (χ0) is 27.5. The van der Waals surface area contributed by atoms with E-state index in [-0.39, 0.29) is 24.8 Å². The molecular formula is C23H23FN8O7. The van der Waals surface area contributed by atoms with Gasteiger partial charge in [0.1, 0.15) is 16.8 Å². The van der Waals surface area contributed by atoms with Crippen molar-refractivity contribution in [3.05, 3.63) is 64.4 Å². The summed E-state index contributed by atoms with van der Waals surface area (Å²) in [4.78, 5) is 51.6. The Hall–Kier alpha value is -5.02. The summed E-state index contributed by atoms with van der Waals surface area (Å²) in [7, 11) is 0. The molecule has 39 heavy (non-hydrogen) atoms. The van der Waals surface area contributed by atoms with Crippen molar-refractivity contribution in [3.63, 3.8) is 0 Å². The van der Waals surface area contributed by atoms with Crippen LogP contribution in [0.15, 0.2) is 47.1 Å². The van der Waals surface area contributed by atoms with E-state index in [2.05, 4.69) is 15.6 Å². The fraction of sp³-hybridized carbons (Fsp3) is 0.348. The maximum Gasteiger partial charge on any atom is 0.433 e. The van der Waals surface area contributed by atoms with E-state index in [1.54, 1.807) is 27.9 Å². The van der Waals surface area contributed by atoms with Crippen LogP contribution in [-0.4, -0.2) is 88.1 Å². The molecule has 0 aliphatic carbocycles. The van der Waals surface area contributed by atoms with Crippen molar-refractivity contribution in [2.45, 2.75) is 12.6 Å². The number of furan rings is 1. The molecule has 2 aromatic heterocycles. The first-order chi connectivity index (χ1) is 18.8. The van der Waals surface area contributed by atoms with E-state index >= 15 is 4.39 Å². The summed E-state index contributed by atoms with van der Waals surface area (Å²) in [5.74, 6) is -2.46. The zero-order valence-electron chi connectivity index (χ0n) is 20.4. The van der Waals surface area contributed by atoms with Crippen molar-refractivity contribution in [1.82, 2.24) is 25.2 Å². The number of ether oxygens (including phenoxy) is 1. The number of anilines is 2. The predicted molar refractivity (Wildman–Crippen MR) is 131 cm³/mol. The van der Waals surface area contributed by atoms with Gasteiger partial charge < -0.3 is 24.3 Å². The van der Waals surface area contributed by atoms with Crippen molar-refractivity contribution < 1.29 is 32.9 Å². The molecule has 2 saturated heterocycles. The molecule has 3 amide bonds.